The molecule has 0 unspecified atom stereocenters. The number of aryl methyl sites for hydroxylation is 2. The molecule has 6 heteroatoms. The number of hydrogen-bond acceptors (Lipinski definition) is 4. The summed E-state index contributed by atoms with van der Waals surface area (Å²) in [5.74, 6) is -0.364. The minimum atomic E-state index is -0.188. The van der Waals surface area contributed by atoms with Crippen LogP contribution in [0, 0.1) is 13.8 Å². The highest BCUT2D eigenvalue weighted by molar-refractivity contribution is 8.18. The van der Waals surface area contributed by atoms with E-state index in [9.17, 15) is 9.59 Å². The van der Waals surface area contributed by atoms with Crippen molar-refractivity contribution in [1.82, 2.24) is 5.32 Å². The highest BCUT2D eigenvalue weighted by atomic mass is 32.2. The van der Waals surface area contributed by atoms with Crippen molar-refractivity contribution in [3.8, 4) is 0 Å². The largest absolute Gasteiger partial charge is 0.322 e. The highest BCUT2D eigenvalue weighted by Gasteiger charge is 2.24. The van der Waals surface area contributed by atoms with Crippen LogP contribution < -0.4 is 10.6 Å². The van der Waals surface area contributed by atoms with Crippen molar-refractivity contribution in [3.63, 3.8) is 0 Å². The van der Waals surface area contributed by atoms with Crippen LogP contribution >= 0.6 is 11.8 Å². The molecule has 1 saturated heterocycles. The van der Waals surface area contributed by atoms with E-state index >= 15 is 0 Å². The van der Waals surface area contributed by atoms with Gasteiger partial charge in [-0.05, 0) is 73.1 Å². The summed E-state index contributed by atoms with van der Waals surface area (Å²) >= 11 is 1.30. The maximum absolute atomic E-state index is 12.5. The van der Waals surface area contributed by atoms with E-state index in [-0.39, 0.29) is 11.8 Å². The van der Waals surface area contributed by atoms with Crippen LogP contribution in [0.15, 0.2) is 82.7 Å². The first-order chi connectivity index (χ1) is 15.0. The van der Waals surface area contributed by atoms with Gasteiger partial charge in [0.15, 0.2) is 5.17 Å². The molecule has 1 fully saturated rings. The number of benzene rings is 3. The molecule has 0 aromatic heterocycles. The van der Waals surface area contributed by atoms with E-state index in [0.717, 1.165) is 22.4 Å². The van der Waals surface area contributed by atoms with Gasteiger partial charge in [-0.3, -0.25) is 9.59 Å². The number of anilines is 1. The standard InChI is InChI=1S/C25H21N3O2S/c1-16-10-12-19(13-11-16)23(29)26-20-8-5-7-18(14-20)15-22-24(30)28-25(31-22)27-21-9-4-3-6-17(21)2/h3-15H,1-2H3,(H,26,29)(H,27,28,30)/b22-15+. The number of rotatable bonds is 4. The number of carbonyl (C=O) groups is 2. The summed E-state index contributed by atoms with van der Waals surface area (Å²) in [4.78, 5) is 30.0. The van der Waals surface area contributed by atoms with Gasteiger partial charge < -0.3 is 10.6 Å². The summed E-state index contributed by atoms with van der Waals surface area (Å²) in [5, 5.41) is 6.26. The van der Waals surface area contributed by atoms with E-state index < -0.39 is 0 Å². The second kappa shape index (κ2) is 9.02. The number of nitrogens with zero attached hydrogens (tertiary/aromatic N) is 1. The van der Waals surface area contributed by atoms with Crippen LogP contribution in [0.3, 0.4) is 0 Å². The third kappa shape index (κ3) is 5.10. The molecule has 0 saturated carbocycles. The average Bonchev–Trinajstić information content (AvgIpc) is 3.09. The number of carbonyl (C=O) groups excluding carboxylic acids is 2. The Hall–Kier alpha value is -3.64. The molecule has 5 nitrogen and oxygen atoms in total. The van der Waals surface area contributed by atoms with Crippen molar-refractivity contribution in [3.05, 3.63) is 100.0 Å². The number of hydrogen-bond donors (Lipinski definition) is 2. The maximum Gasteiger partial charge on any atom is 0.264 e. The van der Waals surface area contributed by atoms with Crippen molar-refractivity contribution in [2.45, 2.75) is 13.8 Å². The first kappa shape index (κ1) is 20.6. The van der Waals surface area contributed by atoms with Crippen molar-refractivity contribution in [2.75, 3.05) is 5.32 Å². The fourth-order valence-corrected chi connectivity index (χ4v) is 3.88. The van der Waals surface area contributed by atoms with Crippen molar-refractivity contribution in [1.29, 1.82) is 0 Å². The molecule has 2 amide bonds. The van der Waals surface area contributed by atoms with Crippen LogP contribution in [0.4, 0.5) is 11.4 Å². The molecular formula is C25H21N3O2S. The van der Waals surface area contributed by atoms with Crippen LogP contribution in [0.25, 0.3) is 6.08 Å². The van der Waals surface area contributed by atoms with Crippen molar-refractivity contribution < 1.29 is 9.59 Å². The lowest BCUT2D eigenvalue weighted by atomic mass is 10.1. The zero-order valence-corrected chi connectivity index (χ0v) is 18.0. The third-order valence-corrected chi connectivity index (χ3v) is 5.65. The van der Waals surface area contributed by atoms with Crippen LogP contribution in [-0.2, 0) is 4.79 Å². The molecule has 154 valence electrons. The summed E-state index contributed by atoms with van der Waals surface area (Å²) in [6, 6.07) is 22.6. The number of amidine groups is 1. The summed E-state index contributed by atoms with van der Waals surface area (Å²) in [6.45, 7) is 3.96. The number of thioether (sulfide) groups is 1. The maximum atomic E-state index is 12.5. The van der Waals surface area contributed by atoms with E-state index in [1.807, 2.05) is 74.5 Å². The Labute approximate surface area is 185 Å². The summed E-state index contributed by atoms with van der Waals surface area (Å²) in [5.41, 5.74) is 5.04. The molecule has 4 rings (SSSR count). The van der Waals surface area contributed by atoms with Gasteiger partial charge in [-0.1, -0.05) is 48.0 Å². The molecule has 3 aromatic rings. The van der Waals surface area contributed by atoms with Crippen molar-refractivity contribution in [2.24, 2.45) is 4.99 Å². The molecule has 0 radical (unpaired) electrons. The second-order valence-electron chi connectivity index (χ2n) is 7.21. The van der Waals surface area contributed by atoms with E-state index in [0.29, 0.717) is 21.3 Å². The van der Waals surface area contributed by atoms with Gasteiger partial charge in [-0.25, -0.2) is 4.99 Å². The lowest BCUT2D eigenvalue weighted by Gasteiger charge is -2.06. The monoisotopic (exact) mass is 427 g/mol. The van der Waals surface area contributed by atoms with Gasteiger partial charge in [0.2, 0.25) is 0 Å². The summed E-state index contributed by atoms with van der Waals surface area (Å²) < 4.78 is 0. The Morgan fingerprint density at radius 3 is 2.55 bits per heavy atom. The van der Waals surface area contributed by atoms with Gasteiger partial charge in [0.05, 0.1) is 10.6 Å². The zero-order chi connectivity index (χ0) is 21.8. The number of aliphatic imine (C=N–C) groups is 1. The molecule has 0 bridgehead atoms. The van der Waals surface area contributed by atoms with Gasteiger partial charge in [0.25, 0.3) is 11.8 Å². The zero-order valence-electron chi connectivity index (χ0n) is 17.2. The van der Waals surface area contributed by atoms with E-state index in [1.165, 1.54) is 11.8 Å². The molecule has 1 heterocycles. The minimum absolute atomic E-state index is 0.176. The Kier molecular flexibility index (Phi) is 6.00. The van der Waals surface area contributed by atoms with Gasteiger partial charge >= 0.3 is 0 Å². The van der Waals surface area contributed by atoms with Gasteiger partial charge in [-0.2, -0.15) is 0 Å². The lowest BCUT2D eigenvalue weighted by molar-refractivity contribution is -0.115. The van der Waals surface area contributed by atoms with Gasteiger partial charge in [-0.15, -0.1) is 0 Å². The highest BCUT2D eigenvalue weighted by Crippen LogP contribution is 2.29. The number of nitrogens with one attached hydrogen (secondary N) is 2. The molecular weight excluding hydrogens is 406 g/mol. The first-order valence-corrected chi connectivity index (χ1v) is 10.6. The predicted molar refractivity (Wildman–Crippen MR) is 128 cm³/mol. The molecule has 1 aliphatic heterocycles. The van der Waals surface area contributed by atoms with Crippen LogP contribution in [-0.4, -0.2) is 17.0 Å². The molecule has 3 aromatic carbocycles. The number of amides is 2. The first-order valence-electron chi connectivity index (χ1n) is 9.81. The lowest BCUT2D eigenvalue weighted by Crippen LogP contribution is -2.19. The fraction of sp³-hybridized carbons (Fsp3) is 0.0800. The minimum Gasteiger partial charge on any atom is -0.322 e. The molecule has 31 heavy (non-hydrogen) atoms. The third-order valence-electron chi connectivity index (χ3n) is 4.74. The predicted octanol–water partition coefficient (Wildman–Crippen LogP) is 5.45. The molecule has 0 aliphatic carbocycles. The topological polar surface area (TPSA) is 70.6 Å². The quantitative estimate of drug-likeness (QED) is 0.544. The molecule has 1 aliphatic rings. The second-order valence-corrected chi connectivity index (χ2v) is 8.24. The van der Waals surface area contributed by atoms with E-state index in [4.69, 9.17) is 0 Å². The molecule has 0 spiro atoms. The summed E-state index contributed by atoms with van der Waals surface area (Å²) in [6.07, 6.45) is 1.79. The Morgan fingerprint density at radius 2 is 1.77 bits per heavy atom. The van der Waals surface area contributed by atoms with E-state index in [1.54, 1.807) is 18.2 Å². The van der Waals surface area contributed by atoms with E-state index in [2.05, 4.69) is 15.6 Å². The Bertz CT molecular complexity index is 1210. The molecule has 2 N–H and O–H groups in total. The van der Waals surface area contributed by atoms with Gasteiger partial charge in [0, 0.05) is 11.3 Å². The van der Waals surface area contributed by atoms with Crippen LogP contribution in [0.5, 0.6) is 0 Å². The SMILES string of the molecule is Cc1ccc(C(=O)Nc2cccc(/C=C3/SC(=Nc4ccccc4C)NC3=O)c2)cc1. The summed E-state index contributed by atoms with van der Waals surface area (Å²) in [7, 11) is 0. The Morgan fingerprint density at radius 1 is 1.00 bits per heavy atom. The number of para-hydroxylation sites is 1. The van der Waals surface area contributed by atoms with Gasteiger partial charge in [0.1, 0.15) is 0 Å². The molecule has 0 atom stereocenters. The van der Waals surface area contributed by atoms with Crippen LogP contribution in [0.1, 0.15) is 27.0 Å². The average molecular weight is 428 g/mol. The normalized spacial score (nSPS) is 15.9. The Balaban J connectivity index is 1.50. The fourth-order valence-electron chi connectivity index (χ4n) is 3.04. The van der Waals surface area contributed by atoms with Crippen LogP contribution in [0.2, 0.25) is 0 Å². The van der Waals surface area contributed by atoms with Crippen molar-refractivity contribution >= 4 is 46.2 Å². The smallest absolute Gasteiger partial charge is 0.264 e.